The van der Waals surface area contributed by atoms with Crippen LogP contribution in [0.2, 0.25) is 0 Å². The summed E-state index contributed by atoms with van der Waals surface area (Å²) in [7, 11) is 0. The average Bonchev–Trinajstić information content (AvgIpc) is 3.02. The van der Waals surface area contributed by atoms with Crippen LogP contribution in [-0.4, -0.2) is 93.1 Å². The molecule has 8 heteroatoms. The topological polar surface area (TPSA) is 90.4 Å². The van der Waals surface area contributed by atoms with E-state index in [-0.39, 0.29) is 36.3 Å². The van der Waals surface area contributed by atoms with E-state index < -0.39 is 35.1 Å². The molecule has 0 aromatic heterocycles. The largest absolute Gasteiger partial charge is 0.394 e. The molecule has 4 heterocycles. The van der Waals surface area contributed by atoms with Crippen LogP contribution in [-0.2, 0) is 19.1 Å². The molecule has 6 atom stereocenters. The second-order valence-electron chi connectivity index (χ2n) is 10.9. The summed E-state index contributed by atoms with van der Waals surface area (Å²) in [5.74, 6) is -2.25. The molecular weight excluding hydrogens is 434 g/mol. The van der Waals surface area contributed by atoms with E-state index in [0.29, 0.717) is 19.6 Å². The first-order valence-electron chi connectivity index (χ1n) is 12.6. The van der Waals surface area contributed by atoms with E-state index in [1.807, 2.05) is 65.8 Å². The first-order chi connectivity index (χ1) is 16.0. The molecule has 8 nitrogen and oxygen atoms in total. The van der Waals surface area contributed by atoms with Gasteiger partial charge in [0.15, 0.2) is 0 Å². The van der Waals surface area contributed by atoms with E-state index in [0.717, 1.165) is 6.42 Å². The predicted molar refractivity (Wildman–Crippen MR) is 128 cm³/mol. The first-order valence-corrected chi connectivity index (χ1v) is 12.6. The Morgan fingerprint density at radius 3 is 2.29 bits per heavy atom. The number of carbonyl (C=O) groups excluding carboxylic acids is 3. The summed E-state index contributed by atoms with van der Waals surface area (Å²) >= 11 is 0. The quantitative estimate of drug-likeness (QED) is 0.592. The van der Waals surface area contributed by atoms with Crippen LogP contribution >= 0.6 is 0 Å². The Morgan fingerprint density at radius 1 is 1.03 bits per heavy atom. The van der Waals surface area contributed by atoms with E-state index in [9.17, 15) is 19.5 Å². The third-order valence-corrected chi connectivity index (χ3v) is 8.04. The maximum atomic E-state index is 14.2. The van der Waals surface area contributed by atoms with Crippen molar-refractivity contribution in [3.05, 3.63) is 24.3 Å². The fourth-order valence-electron chi connectivity index (χ4n) is 6.44. The van der Waals surface area contributed by atoms with Crippen molar-refractivity contribution in [3.63, 3.8) is 0 Å². The number of hydrogen-bond donors (Lipinski definition) is 1. The second kappa shape index (κ2) is 8.79. The molecule has 0 radical (unpaired) electrons. The lowest BCUT2D eigenvalue weighted by Crippen LogP contribution is -2.60. The number of nitrogens with zero attached hydrogens (tertiary/aromatic N) is 3. The molecule has 3 amide bonds. The van der Waals surface area contributed by atoms with Crippen LogP contribution < -0.4 is 0 Å². The minimum Gasteiger partial charge on any atom is -0.394 e. The number of rotatable bonds is 6. The molecule has 1 N–H and O–H groups in total. The Bertz CT molecular complexity index is 914. The van der Waals surface area contributed by atoms with Gasteiger partial charge in [-0.15, -0.1) is 0 Å². The predicted octanol–water partition coefficient (Wildman–Crippen LogP) is 1.59. The molecule has 0 aliphatic carbocycles. The summed E-state index contributed by atoms with van der Waals surface area (Å²) in [6.45, 7) is 12.9. The van der Waals surface area contributed by atoms with Crippen molar-refractivity contribution in [1.82, 2.24) is 14.7 Å². The average molecular weight is 474 g/mol. The van der Waals surface area contributed by atoms with Crippen LogP contribution in [0.15, 0.2) is 24.3 Å². The van der Waals surface area contributed by atoms with Crippen LogP contribution in [0, 0.1) is 17.8 Å². The van der Waals surface area contributed by atoms with Gasteiger partial charge in [-0.25, -0.2) is 0 Å². The summed E-state index contributed by atoms with van der Waals surface area (Å²) < 4.78 is 6.79. The molecule has 2 fully saturated rings. The molecule has 4 rings (SSSR count). The maximum absolute atomic E-state index is 14.2. The van der Waals surface area contributed by atoms with Crippen LogP contribution in [0.3, 0.4) is 0 Å². The number of fused-ring (bicyclic) bond motifs is 2. The van der Waals surface area contributed by atoms with Crippen molar-refractivity contribution in [3.8, 4) is 0 Å². The fourth-order valence-corrected chi connectivity index (χ4v) is 6.44. The van der Waals surface area contributed by atoms with Gasteiger partial charge in [-0.05, 0) is 33.1 Å². The highest BCUT2D eigenvalue weighted by Crippen LogP contribution is 2.58. The fraction of sp³-hybridized carbons (Fsp3) is 0.731. The van der Waals surface area contributed by atoms with Gasteiger partial charge in [0.05, 0.1) is 30.1 Å². The van der Waals surface area contributed by atoms with Crippen molar-refractivity contribution >= 4 is 17.7 Å². The van der Waals surface area contributed by atoms with E-state index in [1.165, 1.54) is 0 Å². The Hall–Kier alpha value is -2.19. The van der Waals surface area contributed by atoms with Crippen molar-refractivity contribution < 1.29 is 24.2 Å². The molecule has 2 saturated heterocycles. The van der Waals surface area contributed by atoms with Gasteiger partial charge in [0, 0.05) is 25.7 Å². The highest BCUT2D eigenvalue weighted by Gasteiger charge is 2.75. The molecule has 188 valence electrons. The summed E-state index contributed by atoms with van der Waals surface area (Å²) in [6, 6.07) is -1.56. The highest BCUT2D eigenvalue weighted by molar-refractivity contribution is 6.00. The summed E-state index contributed by atoms with van der Waals surface area (Å²) in [5.41, 5.74) is -2.27. The molecule has 0 saturated carbocycles. The number of hydrogen-bond acceptors (Lipinski definition) is 5. The zero-order chi connectivity index (χ0) is 25.0. The van der Waals surface area contributed by atoms with Gasteiger partial charge in [-0.1, -0.05) is 45.1 Å². The van der Waals surface area contributed by atoms with Crippen molar-refractivity contribution in [2.24, 2.45) is 17.8 Å². The minimum absolute atomic E-state index is 0.0704. The lowest BCUT2D eigenvalue weighted by Gasteiger charge is -2.41. The third kappa shape index (κ3) is 3.44. The van der Waals surface area contributed by atoms with Gasteiger partial charge >= 0.3 is 0 Å². The molecule has 4 aliphatic heterocycles. The van der Waals surface area contributed by atoms with E-state index >= 15 is 0 Å². The maximum Gasteiger partial charge on any atom is 0.249 e. The van der Waals surface area contributed by atoms with Gasteiger partial charge in [0.2, 0.25) is 17.7 Å². The van der Waals surface area contributed by atoms with E-state index in [2.05, 4.69) is 0 Å². The SMILES string of the molecule is CCCN1CC=C[C@]2(C)O[C@]34C=CCN(C(C)C)C(=O)C3N([C@@H](CO)C(C)C)C(=O)[C@@H]4[C@@H]2C1=O. The number of ether oxygens (including phenoxy) is 1. The van der Waals surface area contributed by atoms with E-state index in [4.69, 9.17) is 4.74 Å². The summed E-state index contributed by atoms with van der Waals surface area (Å²) in [5, 5.41) is 10.3. The Labute approximate surface area is 202 Å². The zero-order valence-electron chi connectivity index (χ0n) is 21.2. The molecule has 0 aromatic rings. The van der Waals surface area contributed by atoms with Crippen molar-refractivity contribution in [1.29, 1.82) is 0 Å². The van der Waals surface area contributed by atoms with Gasteiger partial charge in [0.1, 0.15) is 11.6 Å². The lowest BCUT2D eigenvalue weighted by molar-refractivity contribution is -0.157. The van der Waals surface area contributed by atoms with Crippen molar-refractivity contribution in [2.45, 2.75) is 77.3 Å². The Kier molecular flexibility index (Phi) is 6.44. The van der Waals surface area contributed by atoms with Crippen LogP contribution in [0.4, 0.5) is 0 Å². The van der Waals surface area contributed by atoms with Crippen LogP contribution in [0.25, 0.3) is 0 Å². The molecule has 0 bridgehead atoms. The first kappa shape index (κ1) is 24.9. The summed E-state index contributed by atoms with van der Waals surface area (Å²) in [4.78, 5) is 47.2. The molecule has 34 heavy (non-hydrogen) atoms. The molecule has 4 aliphatic rings. The number of amides is 3. The van der Waals surface area contributed by atoms with Crippen LogP contribution in [0.1, 0.15) is 48.0 Å². The second-order valence-corrected chi connectivity index (χ2v) is 10.9. The highest BCUT2D eigenvalue weighted by atomic mass is 16.5. The minimum atomic E-state index is -1.27. The van der Waals surface area contributed by atoms with Gasteiger partial charge < -0.3 is 24.5 Å². The number of aliphatic hydroxyl groups excluding tert-OH is 1. The lowest BCUT2D eigenvalue weighted by atomic mass is 9.74. The van der Waals surface area contributed by atoms with Gasteiger partial charge in [-0.2, -0.15) is 0 Å². The number of carbonyl (C=O) groups is 3. The normalized spacial score (nSPS) is 36.2. The molecule has 0 aromatic carbocycles. The monoisotopic (exact) mass is 473 g/mol. The van der Waals surface area contributed by atoms with Gasteiger partial charge in [0.25, 0.3) is 0 Å². The zero-order valence-corrected chi connectivity index (χ0v) is 21.2. The standard InChI is InChI=1S/C26H39N3O5/c1-7-12-27-13-8-10-25(6)19(22(27)31)20-23(32)29(18(15-30)16(2)3)21-24(33)28(17(4)5)14-9-11-26(20,21)34-25/h8-11,16-21,30H,7,12-15H2,1-6H3/t18-,19+,20-,21?,25-,26-/m0/s1. The molecule has 1 spiro atoms. The number of aliphatic hydroxyl groups is 1. The van der Waals surface area contributed by atoms with Gasteiger partial charge in [-0.3, -0.25) is 14.4 Å². The smallest absolute Gasteiger partial charge is 0.249 e. The Morgan fingerprint density at radius 2 is 1.71 bits per heavy atom. The van der Waals surface area contributed by atoms with Crippen molar-refractivity contribution in [2.75, 3.05) is 26.2 Å². The molecular formula is C26H39N3O5. The summed E-state index contributed by atoms with van der Waals surface area (Å²) in [6.07, 6.45) is 8.42. The Balaban J connectivity index is 1.91. The third-order valence-electron chi connectivity index (χ3n) is 8.04. The molecule has 1 unspecified atom stereocenters. The van der Waals surface area contributed by atoms with E-state index in [1.54, 1.807) is 14.7 Å². The number of likely N-dealkylation sites (tertiary alicyclic amines) is 1. The van der Waals surface area contributed by atoms with Crippen LogP contribution in [0.5, 0.6) is 0 Å².